The van der Waals surface area contributed by atoms with Crippen molar-refractivity contribution in [1.29, 1.82) is 0 Å². The van der Waals surface area contributed by atoms with Gasteiger partial charge < -0.3 is 10.7 Å². The van der Waals surface area contributed by atoms with Crippen molar-refractivity contribution in [2.75, 3.05) is 0 Å². The Kier molecular flexibility index (Phi) is 148. The van der Waals surface area contributed by atoms with E-state index >= 15 is 0 Å². The zero-order chi connectivity index (χ0) is 2.71. The van der Waals surface area contributed by atoms with Crippen molar-refractivity contribution in [3.8, 4) is 6.57 Å². The Bertz CT molecular complexity index is 27.5. The molecule has 2 N–H and O–H groups in total. The van der Waals surface area contributed by atoms with E-state index in [0.29, 0.717) is 0 Å². The van der Waals surface area contributed by atoms with Gasteiger partial charge in [-0.3, -0.25) is 0 Å². The summed E-state index contributed by atoms with van der Waals surface area (Å²) in [5, 5.41) is 10.1. The zero-order valence-corrected chi connectivity index (χ0v) is 1.93. The standard InChI is InChI=1S/CHNO.H2O/c1-2-3;/h1H;1H2. The normalized spacial score (nSPS) is 1.75. The van der Waals surface area contributed by atoms with Crippen LogP contribution in [0.4, 0.5) is 0 Å². The molecule has 0 spiro atoms. The third-order valence-electron chi connectivity index (χ3n) is 0. The Morgan fingerprint density at radius 1 is 1.75 bits per heavy atom. The van der Waals surface area contributed by atoms with Crippen LogP contribution in [-0.4, -0.2) is 5.48 Å². The van der Waals surface area contributed by atoms with Gasteiger partial charge in [0.1, 0.15) is 0 Å². The van der Waals surface area contributed by atoms with Gasteiger partial charge in [-0.15, -0.1) is 0 Å². The van der Waals surface area contributed by atoms with Gasteiger partial charge in [0.05, 0.1) is 0 Å². The third kappa shape index (κ3) is 0.139. The van der Waals surface area contributed by atoms with Crippen molar-refractivity contribution in [1.82, 2.24) is 0 Å². The molecule has 0 unspecified atom stereocenters. The van der Waals surface area contributed by atoms with Gasteiger partial charge in [-0.05, 0) is 5.01 Å². The molecular weight excluding hydrogens is 58.0 g/mol. The molecule has 0 amide bonds. The van der Waals surface area contributed by atoms with Gasteiger partial charge in [-0.2, -0.15) is 0 Å². The van der Waals surface area contributed by atoms with Crippen LogP contribution in [0.3, 0.4) is 0 Å². The predicted molar refractivity (Wildman–Crippen MR) is 15.3 cm³/mol. The van der Waals surface area contributed by atoms with E-state index in [1.807, 2.05) is 0 Å². The summed E-state index contributed by atoms with van der Waals surface area (Å²) in [6.45, 7) is 3.92. The van der Waals surface area contributed by atoms with E-state index in [0.717, 1.165) is 0 Å². The molecule has 0 radical (unpaired) electrons. The maximum atomic E-state index is 8.33. The first-order valence-corrected chi connectivity index (χ1v) is 0.441. The molecule has 3 nitrogen and oxygen atoms in total. The number of hydrogen-bond acceptors (Lipinski definition) is 1. The molecule has 0 rings (SSSR count). The van der Waals surface area contributed by atoms with Crippen LogP contribution < -0.4 is 0 Å². The molecule has 0 saturated heterocycles. The van der Waals surface area contributed by atoms with Crippen LogP contribution in [0.25, 0.3) is 5.01 Å². The summed E-state index contributed by atoms with van der Waals surface area (Å²) in [6, 6.07) is 0. The molecule has 4 heavy (non-hydrogen) atoms. The SMILES string of the molecule is C#[N+][O-].O. The van der Waals surface area contributed by atoms with Gasteiger partial charge in [0, 0.05) is 0 Å². The number of rotatable bonds is 0. The fourth-order valence-corrected chi connectivity index (χ4v) is 0. The summed E-state index contributed by atoms with van der Waals surface area (Å²) >= 11 is 0. The van der Waals surface area contributed by atoms with E-state index in [2.05, 4.69) is 6.57 Å². The van der Waals surface area contributed by atoms with Crippen LogP contribution in [0.5, 0.6) is 0 Å². The second-order valence-electron chi connectivity index (χ2n) is 0.105. The molecule has 0 fully saturated rings. The maximum Gasteiger partial charge on any atom is 0.283 e. The van der Waals surface area contributed by atoms with E-state index in [9.17, 15) is 0 Å². The minimum absolute atomic E-state index is 0. The van der Waals surface area contributed by atoms with Gasteiger partial charge in [-0.1, -0.05) is 0 Å². The topological polar surface area (TPSA) is 58.9 Å². The van der Waals surface area contributed by atoms with Crippen molar-refractivity contribution < 1.29 is 5.48 Å². The van der Waals surface area contributed by atoms with E-state index in [1.165, 1.54) is 0 Å². The first-order valence-electron chi connectivity index (χ1n) is 0.441. The fourth-order valence-electron chi connectivity index (χ4n) is 0. The lowest BCUT2D eigenvalue weighted by atomic mass is 11.8. The molecule has 0 heterocycles. The largest absolute Gasteiger partial charge is 0.499 e. The molecule has 0 aromatic heterocycles. The Labute approximate surface area is 23.6 Å². The molecule has 3 heteroatoms. The van der Waals surface area contributed by atoms with Crippen LogP contribution in [-0.2, 0) is 0 Å². The van der Waals surface area contributed by atoms with Gasteiger partial charge in [0.2, 0.25) is 0 Å². The molecule has 24 valence electrons. The van der Waals surface area contributed by atoms with E-state index in [-0.39, 0.29) is 5.48 Å². The number of hydrogen-bond donors (Lipinski definition) is 0. The molecule has 0 saturated carbocycles. The van der Waals surface area contributed by atoms with Crippen molar-refractivity contribution in [2.45, 2.75) is 0 Å². The highest BCUT2D eigenvalue weighted by Gasteiger charge is 1.07. The molecule has 0 bridgehead atoms. The molecule has 0 aliphatic rings. The maximum absolute atomic E-state index is 8.33. The zero-order valence-electron chi connectivity index (χ0n) is 1.93. The first kappa shape index (κ1) is 10.5. The van der Waals surface area contributed by atoms with Crippen molar-refractivity contribution in [2.24, 2.45) is 0 Å². The second-order valence-corrected chi connectivity index (χ2v) is 0.105. The number of nitrogens with zero attached hydrogens (tertiary/aromatic N) is 1. The molecule has 0 atom stereocenters. The van der Waals surface area contributed by atoms with E-state index in [1.54, 1.807) is 5.01 Å². The van der Waals surface area contributed by atoms with E-state index < -0.39 is 0 Å². The van der Waals surface area contributed by atoms with Gasteiger partial charge in [-0.25, -0.2) is 0 Å². The van der Waals surface area contributed by atoms with Gasteiger partial charge >= 0.3 is 0 Å². The van der Waals surface area contributed by atoms with Crippen LogP contribution in [0.1, 0.15) is 0 Å². The Hall–Kier alpha value is -0.750. The lowest BCUT2D eigenvalue weighted by molar-refractivity contribution is 0.824. The summed E-state index contributed by atoms with van der Waals surface area (Å²) < 4.78 is 0. The highest BCUT2D eigenvalue weighted by molar-refractivity contribution is 4.62. The first-order chi connectivity index (χ1) is 1.41. The van der Waals surface area contributed by atoms with Crippen molar-refractivity contribution >= 4 is 0 Å². The van der Waals surface area contributed by atoms with Crippen LogP contribution >= 0.6 is 0 Å². The van der Waals surface area contributed by atoms with Gasteiger partial charge in [0.15, 0.2) is 0 Å². The summed E-state index contributed by atoms with van der Waals surface area (Å²) in [7, 11) is 0. The van der Waals surface area contributed by atoms with Crippen molar-refractivity contribution in [3.63, 3.8) is 0 Å². The Morgan fingerprint density at radius 2 is 1.75 bits per heavy atom. The summed E-state index contributed by atoms with van der Waals surface area (Å²) in [4.78, 5) is 0. The monoisotopic (exact) mass is 61.0 g/mol. The quantitative estimate of drug-likeness (QED) is 0.352. The fraction of sp³-hybridized carbons (Fsp3) is 0. The summed E-state index contributed by atoms with van der Waals surface area (Å²) in [5.41, 5.74) is 0. The molecule has 0 aromatic carbocycles. The Morgan fingerprint density at radius 3 is 1.75 bits per heavy atom. The van der Waals surface area contributed by atoms with Crippen LogP contribution in [0.2, 0.25) is 0 Å². The average molecular weight is 61.0 g/mol. The Balaban J connectivity index is 0. The smallest absolute Gasteiger partial charge is 0.283 e. The molecule has 0 aliphatic carbocycles. The average Bonchev–Trinajstić information content (AvgIpc) is 0.918. The predicted octanol–water partition coefficient (Wildman–Crippen LogP) is -0.378. The van der Waals surface area contributed by atoms with Crippen LogP contribution in [0.15, 0.2) is 0 Å². The minimum Gasteiger partial charge on any atom is -0.499 e. The highest BCUT2D eigenvalue weighted by Crippen LogP contribution is 1.32. The van der Waals surface area contributed by atoms with Crippen molar-refractivity contribution in [3.05, 3.63) is 10.2 Å². The molecule has 0 aromatic rings. The third-order valence-corrected chi connectivity index (χ3v) is 0. The molecule has 0 aliphatic heterocycles. The van der Waals surface area contributed by atoms with E-state index in [4.69, 9.17) is 5.21 Å². The lowest BCUT2D eigenvalue weighted by Gasteiger charge is -1.36. The van der Waals surface area contributed by atoms with Crippen LogP contribution in [0, 0.1) is 11.8 Å². The summed E-state index contributed by atoms with van der Waals surface area (Å²) in [6.07, 6.45) is 0. The lowest BCUT2D eigenvalue weighted by Crippen LogP contribution is -1.00. The highest BCUT2D eigenvalue weighted by atomic mass is 16.4. The molecular formula is CH3NO2. The van der Waals surface area contributed by atoms with Gasteiger partial charge in [0.25, 0.3) is 6.57 Å². The second kappa shape index (κ2) is 56.2. The minimum atomic E-state index is 0. The summed E-state index contributed by atoms with van der Waals surface area (Å²) in [5.74, 6) is 0.